The van der Waals surface area contributed by atoms with Crippen LogP contribution in [0.1, 0.15) is 29.9 Å². The van der Waals surface area contributed by atoms with E-state index in [1.165, 1.54) is 0 Å². The summed E-state index contributed by atoms with van der Waals surface area (Å²) in [6, 6.07) is 0. The number of hydrogen-bond acceptors (Lipinski definition) is 5. The molecular weight excluding hydrogens is 200 g/mol. The van der Waals surface area contributed by atoms with Crippen LogP contribution in [0.4, 0.5) is 5.88 Å². The Labute approximate surface area is 86.6 Å². The second kappa shape index (κ2) is 4.59. The molecular formula is C9H12N2O4. The normalized spacial score (nSPS) is 11.5. The Morgan fingerprint density at radius 1 is 1.67 bits per heavy atom. The Kier molecular flexibility index (Phi) is 3.43. The Morgan fingerprint density at radius 2 is 2.33 bits per heavy atom. The molecule has 0 aromatic carbocycles. The van der Waals surface area contributed by atoms with Crippen LogP contribution in [-0.4, -0.2) is 28.7 Å². The van der Waals surface area contributed by atoms with Crippen LogP contribution in [0.3, 0.4) is 0 Å². The van der Waals surface area contributed by atoms with Gasteiger partial charge in [-0.05, 0) is 13.8 Å². The minimum atomic E-state index is -1.11. The molecule has 0 unspecified atom stereocenters. The third kappa shape index (κ3) is 2.55. The maximum absolute atomic E-state index is 10.8. The number of ether oxygens (including phenoxy) is 1. The van der Waals surface area contributed by atoms with Crippen molar-refractivity contribution in [2.75, 3.05) is 6.61 Å². The van der Waals surface area contributed by atoms with E-state index in [0.717, 1.165) is 0 Å². The lowest BCUT2D eigenvalue weighted by Gasteiger charge is -1.99. The van der Waals surface area contributed by atoms with Gasteiger partial charge in [0.1, 0.15) is 5.56 Å². The SMILES string of the molecule is CCOC(C)=Nc1onc(C)c1C(=O)O. The smallest absolute Gasteiger partial charge is 0.343 e. The van der Waals surface area contributed by atoms with Crippen molar-refractivity contribution in [3.8, 4) is 0 Å². The lowest BCUT2D eigenvalue weighted by atomic mass is 10.2. The number of carboxylic acids is 1. The largest absolute Gasteiger partial charge is 0.481 e. The molecule has 0 amide bonds. The molecule has 0 aliphatic carbocycles. The monoisotopic (exact) mass is 212 g/mol. The van der Waals surface area contributed by atoms with E-state index in [1.807, 2.05) is 6.92 Å². The van der Waals surface area contributed by atoms with Gasteiger partial charge in [-0.2, -0.15) is 4.99 Å². The van der Waals surface area contributed by atoms with Crippen LogP contribution in [-0.2, 0) is 4.74 Å². The van der Waals surface area contributed by atoms with Crippen LogP contribution in [0.5, 0.6) is 0 Å². The quantitative estimate of drug-likeness (QED) is 0.609. The zero-order chi connectivity index (χ0) is 11.4. The van der Waals surface area contributed by atoms with Crippen molar-refractivity contribution in [2.24, 2.45) is 4.99 Å². The summed E-state index contributed by atoms with van der Waals surface area (Å²) in [7, 11) is 0. The zero-order valence-corrected chi connectivity index (χ0v) is 8.77. The van der Waals surface area contributed by atoms with E-state index in [-0.39, 0.29) is 11.4 Å². The minimum absolute atomic E-state index is 0.0333. The van der Waals surface area contributed by atoms with E-state index in [1.54, 1.807) is 13.8 Å². The highest BCUT2D eigenvalue weighted by Crippen LogP contribution is 2.22. The Morgan fingerprint density at radius 3 is 2.87 bits per heavy atom. The summed E-state index contributed by atoms with van der Waals surface area (Å²) >= 11 is 0. The van der Waals surface area contributed by atoms with Crippen molar-refractivity contribution in [2.45, 2.75) is 20.8 Å². The van der Waals surface area contributed by atoms with Crippen LogP contribution in [0.25, 0.3) is 0 Å². The standard InChI is InChI=1S/C9H12N2O4/c1-4-14-6(3)10-8-7(9(12)13)5(2)11-15-8/h4H2,1-3H3,(H,12,13). The number of aromatic carboxylic acids is 1. The number of carbonyl (C=O) groups is 1. The van der Waals surface area contributed by atoms with Gasteiger partial charge in [-0.25, -0.2) is 4.79 Å². The predicted molar refractivity (Wildman–Crippen MR) is 52.6 cm³/mol. The fourth-order valence-corrected chi connectivity index (χ4v) is 1.06. The Hall–Kier alpha value is -1.85. The Balaban J connectivity index is 3.05. The number of hydrogen-bond donors (Lipinski definition) is 1. The highest BCUT2D eigenvalue weighted by Gasteiger charge is 2.19. The molecule has 82 valence electrons. The third-order valence-electron chi connectivity index (χ3n) is 1.67. The highest BCUT2D eigenvalue weighted by molar-refractivity contribution is 5.94. The summed E-state index contributed by atoms with van der Waals surface area (Å²) in [5, 5.41) is 12.4. The molecule has 6 nitrogen and oxygen atoms in total. The van der Waals surface area contributed by atoms with Crippen molar-refractivity contribution in [1.82, 2.24) is 5.16 Å². The maximum Gasteiger partial charge on any atom is 0.343 e. The molecule has 0 saturated carbocycles. The topological polar surface area (TPSA) is 84.9 Å². The number of aliphatic imine (C=N–C) groups is 1. The summed E-state index contributed by atoms with van der Waals surface area (Å²) in [4.78, 5) is 14.7. The van der Waals surface area contributed by atoms with Crippen molar-refractivity contribution in [3.05, 3.63) is 11.3 Å². The number of aromatic nitrogens is 1. The first-order valence-corrected chi connectivity index (χ1v) is 4.44. The summed E-state index contributed by atoms with van der Waals surface area (Å²) < 4.78 is 9.83. The molecule has 0 radical (unpaired) electrons. The lowest BCUT2D eigenvalue weighted by Crippen LogP contribution is -2.00. The number of carboxylic acid groups (broad SMARTS) is 1. The average molecular weight is 212 g/mol. The predicted octanol–water partition coefficient (Wildman–Crippen LogP) is 1.77. The Bertz CT molecular complexity index is 395. The highest BCUT2D eigenvalue weighted by atomic mass is 16.5. The first kappa shape index (κ1) is 11.2. The fourth-order valence-electron chi connectivity index (χ4n) is 1.06. The molecule has 1 rings (SSSR count). The second-order valence-electron chi connectivity index (χ2n) is 2.82. The fraction of sp³-hybridized carbons (Fsp3) is 0.444. The molecule has 0 saturated heterocycles. The van der Waals surface area contributed by atoms with Crippen molar-refractivity contribution < 1.29 is 19.2 Å². The molecule has 1 aromatic rings. The van der Waals surface area contributed by atoms with Gasteiger partial charge in [-0.3, -0.25) is 0 Å². The summed E-state index contributed by atoms with van der Waals surface area (Å²) in [6.45, 7) is 5.43. The third-order valence-corrected chi connectivity index (χ3v) is 1.67. The first-order chi connectivity index (χ1) is 7.06. The molecule has 1 heterocycles. The van der Waals surface area contributed by atoms with Crippen molar-refractivity contribution in [1.29, 1.82) is 0 Å². The van der Waals surface area contributed by atoms with E-state index in [9.17, 15) is 4.79 Å². The van der Waals surface area contributed by atoms with Gasteiger partial charge in [0.05, 0.1) is 12.3 Å². The van der Waals surface area contributed by atoms with Gasteiger partial charge in [0.25, 0.3) is 5.88 Å². The van der Waals surface area contributed by atoms with Gasteiger partial charge >= 0.3 is 5.97 Å². The van der Waals surface area contributed by atoms with Crippen molar-refractivity contribution in [3.63, 3.8) is 0 Å². The zero-order valence-electron chi connectivity index (χ0n) is 8.77. The van der Waals surface area contributed by atoms with Crippen LogP contribution < -0.4 is 0 Å². The van der Waals surface area contributed by atoms with E-state index < -0.39 is 5.97 Å². The molecule has 0 fully saturated rings. The molecule has 0 spiro atoms. The van der Waals surface area contributed by atoms with E-state index in [0.29, 0.717) is 18.2 Å². The van der Waals surface area contributed by atoms with Gasteiger partial charge in [-0.15, -0.1) is 0 Å². The molecule has 1 aromatic heterocycles. The van der Waals surface area contributed by atoms with Crippen LogP contribution >= 0.6 is 0 Å². The molecule has 0 aliphatic heterocycles. The number of nitrogens with zero attached hydrogens (tertiary/aromatic N) is 2. The second-order valence-corrected chi connectivity index (χ2v) is 2.82. The number of rotatable bonds is 3. The van der Waals surface area contributed by atoms with E-state index in [2.05, 4.69) is 10.1 Å². The molecule has 1 N–H and O–H groups in total. The van der Waals surface area contributed by atoms with E-state index >= 15 is 0 Å². The summed E-state index contributed by atoms with van der Waals surface area (Å²) in [6.07, 6.45) is 0. The van der Waals surface area contributed by atoms with Crippen molar-refractivity contribution >= 4 is 17.8 Å². The summed E-state index contributed by atoms with van der Waals surface area (Å²) in [5.74, 6) is -0.807. The molecule has 0 atom stereocenters. The van der Waals surface area contributed by atoms with Gasteiger partial charge in [0, 0.05) is 6.92 Å². The van der Waals surface area contributed by atoms with Crippen LogP contribution in [0, 0.1) is 6.92 Å². The molecule has 0 bridgehead atoms. The maximum atomic E-state index is 10.8. The molecule has 6 heteroatoms. The van der Waals surface area contributed by atoms with E-state index in [4.69, 9.17) is 14.4 Å². The van der Waals surface area contributed by atoms with Gasteiger partial charge in [-0.1, -0.05) is 5.16 Å². The van der Waals surface area contributed by atoms with Crippen LogP contribution in [0.15, 0.2) is 9.52 Å². The van der Waals surface area contributed by atoms with Gasteiger partial charge in [0.2, 0.25) is 0 Å². The first-order valence-electron chi connectivity index (χ1n) is 4.44. The van der Waals surface area contributed by atoms with Gasteiger partial charge < -0.3 is 14.4 Å². The van der Waals surface area contributed by atoms with Gasteiger partial charge in [0.15, 0.2) is 5.90 Å². The van der Waals surface area contributed by atoms with Crippen LogP contribution in [0.2, 0.25) is 0 Å². The summed E-state index contributed by atoms with van der Waals surface area (Å²) in [5.41, 5.74) is 0.264. The lowest BCUT2D eigenvalue weighted by molar-refractivity contribution is 0.0696. The average Bonchev–Trinajstić information content (AvgIpc) is 2.47. The minimum Gasteiger partial charge on any atom is -0.481 e. The molecule has 0 aliphatic rings. The molecule has 15 heavy (non-hydrogen) atoms. The number of aryl methyl sites for hydroxylation is 1.